The smallest absolute Gasteiger partial charge is 0.332 e. The van der Waals surface area contributed by atoms with Crippen LogP contribution in [0.15, 0.2) is 18.7 Å². The van der Waals surface area contributed by atoms with Gasteiger partial charge in [-0.15, -0.1) is 0 Å². The number of rotatable bonds is 5. The Kier molecular flexibility index (Phi) is 3.93. The SMILES string of the molecule is O=C(O)C1CCC(C(=O)NCCn2ccnc2)O1. The number of nitrogens with zero attached hydrogens (tertiary/aromatic N) is 2. The van der Waals surface area contributed by atoms with E-state index in [0.717, 1.165) is 0 Å². The fourth-order valence-electron chi connectivity index (χ4n) is 1.85. The number of ether oxygens (including phenoxy) is 1. The van der Waals surface area contributed by atoms with Gasteiger partial charge in [0.1, 0.15) is 6.10 Å². The van der Waals surface area contributed by atoms with Crippen LogP contribution in [0.5, 0.6) is 0 Å². The molecule has 1 aliphatic rings. The van der Waals surface area contributed by atoms with Crippen LogP contribution in [0.25, 0.3) is 0 Å². The van der Waals surface area contributed by atoms with Crippen LogP contribution in [0.3, 0.4) is 0 Å². The molecule has 7 nitrogen and oxygen atoms in total. The van der Waals surface area contributed by atoms with E-state index in [2.05, 4.69) is 10.3 Å². The molecule has 1 saturated heterocycles. The molecule has 1 aliphatic heterocycles. The molecule has 2 N–H and O–H groups in total. The highest BCUT2D eigenvalue weighted by molar-refractivity contribution is 5.82. The van der Waals surface area contributed by atoms with Gasteiger partial charge in [-0.2, -0.15) is 0 Å². The number of hydrogen-bond acceptors (Lipinski definition) is 4. The third-order valence-electron chi connectivity index (χ3n) is 2.82. The van der Waals surface area contributed by atoms with Gasteiger partial charge in [0.2, 0.25) is 5.91 Å². The number of carbonyl (C=O) groups excluding carboxylic acids is 1. The Morgan fingerprint density at radius 3 is 2.83 bits per heavy atom. The highest BCUT2D eigenvalue weighted by atomic mass is 16.5. The molecule has 0 saturated carbocycles. The van der Waals surface area contributed by atoms with Gasteiger partial charge in [0.05, 0.1) is 6.33 Å². The Morgan fingerprint density at radius 2 is 2.22 bits per heavy atom. The van der Waals surface area contributed by atoms with Gasteiger partial charge in [0.15, 0.2) is 6.10 Å². The number of nitrogens with one attached hydrogen (secondary N) is 1. The molecule has 2 atom stereocenters. The van der Waals surface area contributed by atoms with E-state index in [9.17, 15) is 9.59 Å². The summed E-state index contributed by atoms with van der Waals surface area (Å²) in [7, 11) is 0. The second-order valence-electron chi connectivity index (χ2n) is 4.12. The van der Waals surface area contributed by atoms with Gasteiger partial charge in [-0.3, -0.25) is 4.79 Å². The monoisotopic (exact) mass is 253 g/mol. The minimum atomic E-state index is -1.01. The van der Waals surface area contributed by atoms with Gasteiger partial charge in [0.25, 0.3) is 0 Å². The highest BCUT2D eigenvalue weighted by Crippen LogP contribution is 2.19. The predicted octanol–water partition coefficient (Wildman–Crippen LogP) is -0.369. The Labute approximate surface area is 104 Å². The second kappa shape index (κ2) is 5.63. The van der Waals surface area contributed by atoms with E-state index in [1.165, 1.54) is 0 Å². The largest absolute Gasteiger partial charge is 0.479 e. The predicted molar refractivity (Wildman–Crippen MR) is 60.8 cm³/mol. The molecule has 1 amide bonds. The molecule has 2 unspecified atom stereocenters. The summed E-state index contributed by atoms with van der Waals surface area (Å²) in [6.45, 7) is 1.09. The molecule has 1 fully saturated rings. The molecule has 1 aromatic heterocycles. The molecule has 0 aromatic carbocycles. The van der Waals surface area contributed by atoms with Crippen LogP contribution < -0.4 is 5.32 Å². The van der Waals surface area contributed by atoms with E-state index >= 15 is 0 Å². The van der Waals surface area contributed by atoms with Crippen LogP contribution in [0, 0.1) is 0 Å². The van der Waals surface area contributed by atoms with Crippen LogP contribution in [-0.2, 0) is 20.9 Å². The van der Waals surface area contributed by atoms with Crippen molar-refractivity contribution in [3.63, 3.8) is 0 Å². The Hall–Kier alpha value is -1.89. The topological polar surface area (TPSA) is 93.4 Å². The van der Waals surface area contributed by atoms with Crippen molar-refractivity contribution >= 4 is 11.9 Å². The summed E-state index contributed by atoms with van der Waals surface area (Å²) in [4.78, 5) is 26.2. The van der Waals surface area contributed by atoms with Crippen molar-refractivity contribution in [1.29, 1.82) is 0 Å². The average molecular weight is 253 g/mol. The van der Waals surface area contributed by atoms with Crippen molar-refractivity contribution in [3.8, 4) is 0 Å². The fraction of sp³-hybridized carbons (Fsp3) is 0.545. The molecule has 2 heterocycles. The van der Waals surface area contributed by atoms with Crippen LogP contribution >= 0.6 is 0 Å². The molecule has 0 radical (unpaired) electrons. The van der Waals surface area contributed by atoms with Gasteiger partial charge in [-0.25, -0.2) is 9.78 Å². The van der Waals surface area contributed by atoms with Crippen molar-refractivity contribution in [3.05, 3.63) is 18.7 Å². The van der Waals surface area contributed by atoms with Crippen molar-refractivity contribution < 1.29 is 19.4 Å². The third kappa shape index (κ3) is 3.07. The number of carbonyl (C=O) groups is 2. The van der Waals surface area contributed by atoms with Gasteiger partial charge in [-0.1, -0.05) is 0 Å². The van der Waals surface area contributed by atoms with Crippen LogP contribution in [-0.4, -0.2) is 45.3 Å². The maximum atomic E-state index is 11.7. The average Bonchev–Trinajstić information content (AvgIpc) is 2.99. The number of carboxylic acids is 1. The van der Waals surface area contributed by atoms with E-state index in [0.29, 0.717) is 25.9 Å². The molecule has 0 aliphatic carbocycles. The number of aliphatic carboxylic acids is 1. The van der Waals surface area contributed by atoms with Crippen LogP contribution in [0.1, 0.15) is 12.8 Å². The molecule has 7 heteroatoms. The molecule has 0 spiro atoms. The summed E-state index contributed by atoms with van der Waals surface area (Å²) >= 11 is 0. The minimum Gasteiger partial charge on any atom is -0.479 e. The van der Waals surface area contributed by atoms with E-state index in [4.69, 9.17) is 9.84 Å². The zero-order valence-electron chi connectivity index (χ0n) is 9.78. The number of amides is 1. The summed E-state index contributed by atoms with van der Waals surface area (Å²) in [5.41, 5.74) is 0. The number of aromatic nitrogens is 2. The third-order valence-corrected chi connectivity index (χ3v) is 2.82. The van der Waals surface area contributed by atoms with Gasteiger partial charge in [-0.05, 0) is 12.8 Å². The van der Waals surface area contributed by atoms with Crippen molar-refractivity contribution in [1.82, 2.24) is 14.9 Å². The Balaban J connectivity index is 1.71. The van der Waals surface area contributed by atoms with E-state index in [1.54, 1.807) is 18.7 Å². The summed E-state index contributed by atoms with van der Waals surface area (Å²) in [5, 5.41) is 11.5. The quantitative estimate of drug-likeness (QED) is 0.747. The fourth-order valence-corrected chi connectivity index (χ4v) is 1.85. The first-order chi connectivity index (χ1) is 8.66. The standard InChI is InChI=1S/C11H15N3O4/c15-10(8-1-2-9(18-8)11(16)17)13-4-6-14-5-3-12-7-14/h3,5,7-9H,1-2,4,6H2,(H,13,15)(H,16,17). The molecular weight excluding hydrogens is 238 g/mol. The lowest BCUT2D eigenvalue weighted by Crippen LogP contribution is -2.37. The maximum Gasteiger partial charge on any atom is 0.332 e. The van der Waals surface area contributed by atoms with E-state index in [1.807, 2.05) is 4.57 Å². The number of imidazole rings is 1. The molecule has 18 heavy (non-hydrogen) atoms. The molecular formula is C11H15N3O4. The molecule has 98 valence electrons. The van der Waals surface area contributed by atoms with Crippen LogP contribution in [0.4, 0.5) is 0 Å². The first-order valence-corrected chi connectivity index (χ1v) is 5.78. The summed E-state index contributed by atoms with van der Waals surface area (Å²) < 4.78 is 6.98. The first kappa shape index (κ1) is 12.6. The van der Waals surface area contributed by atoms with Crippen molar-refractivity contribution in [2.24, 2.45) is 0 Å². The lowest BCUT2D eigenvalue weighted by molar-refractivity contribution is -0.151. The van der Waals surface area contributed by atoms with Crippen molar-refractivity contribution in [2.45, 2.75) is 31.6 Å². The Morgan fingerprint density at radius 1 is 1.44 bits per heavy atom. The summed E-state index contributed by atoms with van der Waals surface area (Å²) in [5.74, 6) is -1.26. The molecule has 0 bridgehead atoms. The number of hydrogen-bond donors (Lipinski definition) is 2. The summed E-state index contributed by atoms with van der Waals surface area (Å²) in [6, 6.07) is 0. The lowest BCUT2D eigenvalue weighted by Gasteiger charge is -2.11. The Bertz CT molecular complexity index is 418. The maximum absolute atomic E-state index is 11.7. The zero-order chi connectivity index (χ0) is 13.0. The normalized spacial score (nSPS) is 22.9. The highest BCUT2D eigenvalue weighted by Gasteiger charge is 2.34. The zero-order valence-corrected chi connectivity index (χ0v) is 9.78. The van der Waals surface area contributed by atoms with Crippen molar-refractivity contribution in [2.75, 3.05) is 6.54 Å². The van der Waals surface area contributed by atoms with E-state index in [-0.39, 0.29) is 5.91 Å². The molecule has 2 rings (SSSR count). The lowest BCUT2D eigenvalue weighted by atomic mass is 10.2. The van der Waals surface area contributed by atoms with Gasteiger partial charge >= 0.3 is 5.97 Å². The second-order valence-corrected chi connectivity index (χ2v) is 4.12. The van der Waals surface area contributed by atoms with E-state index < -0.39 is 18.2 Å². The number of carboxylic acid groups (broad SMARTS) is 1. The first-order valence-electron chi connectivity index (χ1n) is 5.78. The van der Waals surface area contributed by atoms with Gasteiger partial charge in [0, 0.05) is 25.5 Å². The minimum absolute atomic E-state index is 0.251. The summed E-state index contributed by atoms with van der Waals surface area (Å²) in [6.07, 6.45) is 4.47. The van der Waals surface area contributed by atoms with Gasteiger partial charge < -0.3 is 19.7 Å². The molecule has 1 aromatic rings. The van der Waals surface area contributed by atoms with Crippen LogP contribution in [0.2, 0.25) is 0 Å².